The summed E-state index contributed by atoms with van der Waals surface area (Å²) in [5.74, 6) is 3.12. The molecule has 0 unspecified atom stereocenters. The summed E-state index contributed by atoms with van der Waals surface area (Å²) >= 11 is 0. The van der Waals surface area contributed by atoms with E-state index < -0.39 is 0 Å². The van der Waals surface area contributed by atoms with E-state index in [4.69, 9.17) is 4.74 Å². The Morgan fingerprint density at radius 3 is 2.04 bits per heavy atom. The molecule has 0 amide bonds. The Hall–Kier alpha value is -2.14. The number of ether oxygens (including phenoxy) is 1. The van der Waals surface area contributed by atoms with Crippen molar-refractivity contribution in [2.45, 2.75) is 45.6 Å². The molecule has 0 saturated carbocycles. The second-order valence-electron chi connectivity index (χ2n) is 7.50. The summed E-state index contributed by atoms with van der Waals surface area (Å²) in [6.07, 6.45) is 3.72. The number of anilines is 2. The Bertz CT molecular complexity index is 658. The maximum absolute atomic E-state index is 5.09. The Balaban J connectivity index is 0.000000190. The van der Waals surface area contributed by atoms with E-state index in [1.54, 1.807) is 0 Å². The zero-order valence-electron chi connectivity index (χ0n) is 16.9. The third-order valence-corrected chi connectivity index (χ3v) is 4.34. The lowest BCUT2D eigenvalue weighted by Crippen LogP contribution is -2.40. The monoisotopic (exact) mass is 356 g/mol. The van der Waals surface area contributed by atoms with Crippen LogP contribution in [0.25, 0.3) is 0 Å². The van der Waals surface area contributed by atoms with Crippen LogP contribution in [-0.2, 0) is 4.74 Å². The maximum atomic E-state index is 5.09. The first-order valence-corrected chi connectivity index (χ1v) is 9.30. The number of pyridine rings is 2. The van der Waals surface area contributed by atoms with Crippen molar-refractivity contribution >= 4 is 11.6 Å². The SMILES string of the molecule is CC(C)c1ccnc(N(C)C)c1.CC(C)c1ccnc(NC2COC2)c1. The van der Waals surface area contributed by atoms with Crippen LogP contribution in [0.5, 0.6) is 0 Å². The van der Waals surface area contributed by atoms with Crippen molar-refractivity contribution in [1.29, 1.82) is 0 Å². The maximum Gasteiger partial charge on any atom is 0.128 e. The van der Waals surface area contributed by atoms with Gasteiger partial charge >= 0.3 is 0 Å². The van der Waals surface area contributed by atoms with E-state index in [1.807, 2.05) is 31.4 Å². The third kappa shape index (κ3) is 5.99. The molecule has 1 N–H and O–H groups in total. The van der Waals surface area contributed by atoms with Crippen LogP contribution in [0.4, 0.5) is 11.6 Å². The van der Waals surface area contributed by atoms with Crippen LogP contribution in [0.15, 0.2) is 36.7 Å². The van der Waals surface area contributed by atoms with Gasteiger partial charge < -0.3 is 15.0 Å². The molecule has 2 aromatic heterocycles. The van der Waals surface area contributed by atoms with Gasteiger partial charge in [0.25, 0.3) is 0 Å². The molecule has 1 aliphatic heterocycles. The molecule has 3 rings (SSSR count). The van der Waals surface area contributed by atoms with Crippen LogP contribution in [0.1, 0.15) is 50.7 Å². The van der Waals surface area contributed by atoms with Crippen LogP contribution >= 0.6 is 0 Å². The Morgan fingerprint density at radius 2 is 1.54 bits per heavy atom. The lowest BCUT2D eigenvalue weighted by atomic mass is 10.1. The summed E-state index contributed by atoms with van der Waals surface area (Å²) in [4.78, 5) is 10.5. The normalized spacial score (nSPS) is 13.8. The lowest BCUT2D eigenvalue weighted by molar-refractivity contribution is 0.0209. The van der Waals surface area contributed by atoms with E-state index in [2.05, 4.69) is 67.2 Å². The highest BCUT2D eigenvalue weighted by molar-refractivity contribution is 5.40. The first-order chi connectivity index (χ1) is 12.4. The van der Waals surface area contributed by atoms with Crippen LogP contribution in [0.2, 0.25) is 0 Å². The summed E-state index contributed by atoms with van der Waals surface area (Å²) in [5.41, 5.74) is 2.66. The van der Waals surface area contributed by atoms with Crippen molar-refractivity contribution in [2.24, 2.45) is 0 Å². The molecule has 0 radical (unpaired) electrons. The van der Waals surface area contributed by atoms with E-state index in [1.165, 1.54) is 11.1 Å². The highest BCUT2D eigenvalue weighted by Gasteiger charge is 2.18. The first-order valence-electron chi connectivity index (χ1n) is 9.30. The molecule has 2 aromatic rings. The lowest BCUT2D eigenvalue weighted by Gasteiger charge is -2.27. The quantitative estimate of drug-likeness (QED) is 0.866. The number of nitrogens with zero attached hydrogens (tertiary/aromatic N) is 3. The minimum absolute atomic E-state index is 0.449. The van der Waals surface area contributed by atoms with Crippen molar-refractivity contribution in [3.05, 3.63) is 47.8 Å². The second-order valence-corrected chi connectivity index (χ2v) is 7.50. The van der Waals surface area contributed by atoms with E-state index >= 15 is 0 Å². The number of hydrogen-bond acceptors (Lipinski definition) is 5. The van der Waals surface area contributed by atoms with Gasteiger partial charge in [-0.25, -0.2) is 9.97 Å². The molecule has 26 heavy (non-hydrogen) atoms. The standard InChI is InChI=1S/C11H16N2O.C10H16N2/c1-8(2)9-3-4-12-11(5-9)13-10-6-14-7-10;1-8(2)9-5-6-11-10(7-9)12(3)4/h3-5,8,10H,6-7H2,1-2H3,(H,12,13);5-8H,1-4H3. The highest BCUT2D eigenvalue weighted by Crippen LogP contribution is 2.18. The first kappa shape index (κ1) is 20.2. The van der Waals surface area contributed by atoms with Crippen LogP contribution in [-0.4, -0.2) is 43.3 Å². The fraction of sp³-hybridized carbons (Fsp3) is 0.524. The Morgan fingerprint density at radius 1 is 0.962 bits per heavy atom. The molecule has 0 spiro atoms. The summed E-state index contributed by atoms with van der Waals surface area (Å²) in [7, 11) is 4.01. The number of hydrogen-bond donors (Lipinski definition) is 1. The van der Waals surface area contributed by atoms with Gasteiger partial charge in [0.05, 0.1) is 19.3 Å². The van der Waals surface area contributed by atoms with Crippen molar-refractivity contribution in [1.82, 2.24) is 9.97 Å². The summed E-state index contributed by atoms with van der Waals surface area (Å²) in [5, 5.41) is 3.34. The predicted octanol–water partition coefficient (Wildman–Crippen LogP) is 4.29. The van der Waals surface area contributed by atoms with Gasteiger partial charge in [-0.1, -0.05) is 27.7 Å². The minimum Gasteiger partial charge on any atom is -0.377 e. The van der Waals surface area contributed by atoms with Gasteiger partial charge in [-0.2, -0.15) is 0 Å². The van der Waals surface area contributed by atoms with Gasteiger partial charge in [0.2, 0.25) is 0 Å². The number of nitrogens with one attached hydrogen (secondary N) is 1. The molecule has 1 aliphatic rings. The Labute approximate surface area is 157 Å². The molecule has 0 aliphatic carbocycles. The summed E-state index contributed by atoms with van der Waals surface area (Å²) < 4.78 is 5.09. The largest absolute Gasteiger partial charge is 0.377 e. The highest BCUT2D eigenvalue weighted by atomic mass is 16.5. The van der Waals surface area contributed by atoms with Crippen molar-refractivity contribution in [3.63, 3.8) is 0 Å². The van der Waals surface area contributed by atoms with Crippen molar-refractivity contribution in [3.8, 4) is 0 Å². The molecule has 3 heterocycles. The van der Waals surface area contributed by atoms with Gasteiger partial charge in [0, 0.05) is 26.5 Å². The predicted molar refractivity (Wildman–Crippen MR) is 109 cm³/mol. The van der Waals surface area contributed by atoms with Gasteiger partial charge in [0.15, 0.2) is 0 Å². The molecule has 1 saturated heterocycles. The zero-order valence-corrected chi connectivity index (χ0v) is 16.9. The topological polar surface area (TPSA) is 50.3 Å². The van der Waals surface area contributed by atoms with E-state index in [0.29, 0.717) is 17.9 Å². The smallest absolute Gasteiger partial charge is 0.128 e. The Kier molecular flexibility index (Phi) is 7.39. The van der Waals surface area contributed by atoms with Crippen LogP contribution in [0.3, 0.4) is 0 Å². The molecule has 5 heteroatoms. The van der Waals surface area contributed by atoms with Gasteiger partial charge in [0.1, 0.15) is 11.6 Å². The third-order valence-electron chi connectivity index (χ3n) is 4.34. The molecule has 1 fully saturated rings. The molecule has 0 atom stereocenters. The fourth-order valence-electron chi connectivity index (χ4n) is 2.45. The molecule has 142 valence electrons. The molecule has 0 aromatic carbocycles. The van der Waals surface area contributed by atoms with E-state index in [-0.39, 0.29) is 0 Å². The van der Waals surface area contributed by atoms with Crippen molar-refractivity contribution < 1.29 is 4.74 Å². The van der Waals surface area contributed by atoms with Gasteiger partial charge in [-0.05, 0) is 47.2 Å². The molecular formula is C21H32N4O. The van der Waals surface area contributed by atoms with Gasteiger partial charge in [-0.15, -0.1) is 0 Å². The fourth-order valence-corrected chi connectivity index (χ4v) is 2.45. The van der Waals surface area contributed by atoms with Crippen LogP contribution < -0.4 is 10.2 Å². The molecule has 0 bridgehead atoms. The summed E-state index contributed by atoms with van der Waals surface area (Å²) in [6, 6.07) is 8.82. The average molecular weight is 357 g/mol. The number of rotatable bonds is 5. The second kappa shape index (κ2) is 9.53. The summed E-state index contributed by atoms with van der Waals surface area (Å²) in [6.45, 7) is 10.3. The van der Waals surface area contributed by atoms with Crippen molar-refractivity contribution in [2.75, 3.05) is 37.5 Å². The molecular weight excluding hydrogens is 324 g/mol. The number of aromatic nitrogens is 2. The molecule has 5 nitrogen and oxygen atoms in total. The van der Waals surface area contributed by atoms with E-state index in [0.717, 1.165) is 24.8 Å². The minimum atomic E-state index is 0.449. The zero-order chi connectivity index (χ0) is 19.1. The average Bonchev–Trinajstić information content (AvgIpc) is 2.59. The van der Waals surface area contributed by atoms with Gasteiger partial charge in [-0.3, -0.25) is 0 Å². The van der Waals surface area contributed by atoms with Crippen LogP contribution in [0, 0.1) is 0 Å². The van der Waals surface area contributed by atoms with E-state index in [9.17, 15) is 0 Å².